The highest BCUT2D eigenvalue weighted by molar-refractivity contribution is 6.29. The van der Waals surface area contributed by atoms with Crippen LogP contribution in [-0.4, -0.2) is 49.0 Å². The molecule has 0 saturated heterocycles. The molecule has 26 rings (SSSR count). The SMILES string of the molecule is c1ccc(-c2nc(-c3ccccc3)nc(-c3cc(-c4ccc(-c5ccccc5)c(-c5ccccc5)c4)cnc3-c3ccc4c(c3)oc3ccc5c(c6ccccc6n5-c5ccccc5)c34)n2)cc1.c1ccc(-c2nc(-c3ccccc3)nc(-c3cc(-c4ccc(-c5ccccc5)c(-c5ccccc5)c4)cnc3-c3ccc4oc5ccc6c(c7ccccc7n6-c6ccccc6)c5c4c3)n2)cc1. The van der Waals surface area contributed by atoms with Gasteiger partial charge in [0.1, 0.15) is 22.3 Å². The van der Waals surface area contributed by atoms with Gasteiger partial charge in [0.15, 0.2) is 34.9 Å². The van der Waals surface area contributed by atoms with Crippen LogP contribution in [0.2, 0.25) is 0 Å². The number of hydrogen-bond donors (Lipinski definition) is 0. The number of hydrogen-bond acceptors (Lipinski definition) is 10. The van der Waals surface area contributed by atoms with Crippen LogP contribution in [0.3, 0.4) is 0 Å². The summed E-state index contributed by atoms with van der Waals surface area (Å²) < 4.78 is 18.2. The van der Waals surface area contributed by atoms with Gasteiger partial charge in [0.25, 0.3) is 0 Å². The lowest BCUT2D eigenvalue weighted by Gasteiger charge is -2.15. The quantitative estimate of drug-likeness (QED) is 0.0918. The van der Waals surface area contributed by atoms with Crippen molar-refractivity contribution < 1.29 is 8.83 Å². The van der Waals surface area contributed by atoms with Crippen LogP contribution in [0.1, 0.15) is 0 Å². The van der Waals surface area contributed by atoms with E-state index in [1.54, 1.807) is 0 Å². The minimum Gasteiger partial charge on any atom is -0.456 e. The molecule has 0 N–H and O–H groups in total. The predicted molar refractivity (Wildman–Crippen MR) is 555 cm³/mol. The Labute approximate surface area is 782 Å². The van der Waals surface area contributed by atoms with E-state index in [1.165, 1.54) is 5.39 Å². The third-order valence-corrected chi connectivity index (χ3v) is 25.8. The molecule has 636 valence electrons. The molecule has 0 unspecified atom stereocenters. The number of para-hydroxylation sites is 4. The van der Waals surface area contributed by atoms with Crippen LogP contribution in [0.25, 0.3) is 256 Å². The lowest BCUT2D eigenvalue weighted by Crippen LogP contribution is -2.02. The number of rotatable bonds is 16. The zero-order chi connectivity index (χ0) is 89.9. The fourth-order valence-corrected chi connectivity index (χ4v) is 19.5. The van der Waals surface area contributed by atoms with Crippen LogP contribution in [-0.2, 0) is 0 Å². The number of aromatic nitrogens is 10. The van der Waals surface area contributed by atoms with Crippen molar-refractivity contribution in [3.05, 3.63) is 473 Å². The molecule has 8 heterocycles. The van der Waals surface area contributed by atoms with Gasteiger partial charge in [0.05, 0.1) is 33.5 Å². The van der Waals surface area contributed by atoms with Gasteiger partial charge in [0, 0.05) is 122 Å². The topological polar surface area (TPSA) is 139 Å². The number of benzene rings is 18. The Morgan fingerprint density at radius 3 is 0.860 bits per heavy atom. The molecule has 0 bridgehead atoms. The summed E-state index contributed by atoms with van der Waals surface area (Å²) in [6.07, 6.45) is 3.94. The highest BCUT2D eigenvalue weighted by Gasteiger charge is 2.27. The molecule has 0 radical (unpaired) electrons. The average molecular weight is 1740 g/mol. The van der Waals surface area contributed by atoms with Crippen molar-refractivity contribution in [3.63, 3.8) is 0 Å². The van der Waals surface area contributed by atoms with Crippen LogP contribution < -0.4 is 0 Å². The first kappa shape index (κ1) is 79.6. The van der Waals surface area contributed by atoms with Gasteiger partial charge in [-0.3, -0.25) is 9.97 Å². The first-order valence-corrected chi connectivity index (χ1v) is 45.6. The van der Waals surface area contributed by atoms with Crippen molar-refractivity contribution in [1.82, 2.24) is 49.0 Å². The van der Waals surface area contributed by atoms with Gasteiger partial charge in [-0.25, -0.2) is 29.9 Å². The molecule has 0 fully saturated rings. The standard InChI is InChI=1S/2C62H39N5O/c1-6-18-40(19-7-1)48-32-30-44(36-50(48)41-20-8-2-9-21-41)46-38-52(62-65-60(42-22-10-3-11-23-42)64-61(66-62)43-24-12-4-13-25-43)59(63-39-46)45-31-34-55-51(37-45)58-56(68-55)35-33-54-57(58)49-28-16-17-29-53(49)67(54)47-26-14-5-15-27-47;1-6-18-40(19-7-1)48-32-30-44(36-51(48)41-20-8-2-9-21-41)46-37-52(62-65-60(42-22-10-3-11-23-42)64-61(66-62)43-24-12-4-13-25-43)59(63-39-46)45-31-33-50-56(38-45)68-55-35-34-54-57(58(50)55)49-28-16-17-29-53(49)67(54)47-26-14-5-15-27-47/h2*1-39H. The van der Waals surface area contributed by atoms with Crippen LogP contribution in [0.15, 0.2) is 482 Å². The highest BCUT2D eigenvalue weighted by Crippen LogP contribution is 2.48. The first-order valence-electron chi connectivity index (χ1n) is 45.6. The summed E-state index contributed by atoms with van der Waals surface area (Å²) in [7, 11) is 0. The van der Waals surface area contributed by atoms with E-state index < -0.39 is 0 Å². The smallest absolute Gasteiger partial charge is 0.166 e. The van der Waals surface area contributed by atoms with E-state index in [0.29, 0.717) is 34.9 Å². The summed E-state index contributed by atoms with van der Waals surface area (Å²) in [5.41, 5.74) is 31.5. The van der Waals surface area contributed by atoms with E-state index >= 15 is 0 Å². The van der Waals surface area contributed by atoms with Gasteiger partial charge < -0.3 is 18.0 Å². The Bertz CT molecular complexity index is 8930. The van der Waals surface area contributed by atoms with Crippen molar-refractivity contribution in [2.45, 2.75) is 0 Å². The Morgan fingerprint density at radius 1 is 0.162 bits per heavy atom. The van der Waals surface area contributed by atoms with E-state index in [-0.39, 0.29) is 0 Å². The molecule has 12 heteroatoms. The zero-order valence-electron chi connectivity index (χ0n) is 73.3. The van der Waals surface area contributed by atoms with Gasteiger partial charge in [-0.1, -0.05) is 346 Å². The molecule has 0 spiro atoms. The number of pyridine rings is 2. The summed E-state index contributed by atoms with van der Waals surface area (Å²) in [5.74, 6) is 3.37. The number of furan rings is 2. The van der Waals surface area contributed by atoms with Crippen molar-refractivity contribution in [2.24, 2.45) is 0 Å². The summed E-state index contributed by atoms with van der Waals surface area (Å²) in [6.45, 7) is 0. The molecular weight excluding hydrogens is 1660 g/mol. The van der Waals surface area contributed by atoms with E-state index in [1.807, 2.05) is 134 Å². The van der Waals surface area contributed by atoms with Gasteiger partial charge in [-0.15, -0.1) is 0 Å². The largest absolute Gasteiger partial charge is 0.456 e. The van der Waals surface area contributed by atoms with Crippen molar-refractivity contribution in [2.75, 3.05) is 0 Å². The van der Waals surface area contributed by atoms with E-state index in [2.05, 4.69) is 349 Å². The molecule has 0 amide bonds. The second-order valence-corrected chi connectivity index (χ2v) is 34.0. The molecule has 0 saturated carbocycles. The molecular formula is C124H78N10O2. The summed E-state index contributed by atoms with van der Waals surface area (Å²) in [6, 6.07) is 160. The molecule has 0 aliphatic carbocycles. The van der Waals surface area contributed by atoms with Crippen LogP contribution in [0, 0.1) is 0 Å². The lowest BCUT2D eigenvalue weighted by molar-refractivity contribution is 0.669. The Morgan fingerprint density at radius 2 is 0.463 bits per heavy atom. The monoisotopic (exact) mass is 1740 g/mol. The summed E-state index contributed by atoms with van der Waals surface area (Å²) >= 11 is 0. The zero-order valence-corrected chi connectivity index (χ0v) is 73.3. The van der Waals surface area contributed by atoms with E-state index in [0.717, 1.165) is 216 Å². The molecule has 0 atom stereocenters. The predicted octanol–water partition coefficient (Wildman–Crippen LogP) is 31.9. The lowest BCUT2D eigenvalue weighted by atomic mass is 9.91. The van der Waals surface area contributed by atoms with Gasteiger partial charge in [-0.2, -0.15) is 0 Å². The van der Waals surface area contributed by atoms with Crippen molar-refractivity contribution >= 4 is 87.5 Å². The maximum absolute atomic E-state index is 6.80. The summed E-state index contributed by atoms with van der Waals surface area (Å²) in [5, 5.41) is 8.84. The highest BCUT2D eigenvalue weighted by atomic mass is 16.3. The molecule has 8 aromatic heterocycles. The molecule has 26 aromatic rings. The van der Waals surface area contributed by atoms with E-state index in [4.69, 9.17) is 48.7 Å². The normalized spacial score (nSPS) is 11.5. The van der Waals surface area contributed by atoms with Gasteiger partial charge in [-0.05, 0) is 171 Å². The first-order chi connectivity index (χ1) is 67.4. The molecule has 0 aliphatic heterocycles. The minimum atomic E-state index is 0.520. The number of nitrogens with zero attached hydrogens (tertiary/aromatic N) is 10. The molecule has 12 nitrogen and oxygen atoms in total. The van der Waals surface area contributed by atoms with Gasteiger partial charge in [0.2, 0.25) is 0 Å². The minimum absolute atomic E-state index is 0.520. The van der Waals surface area contributed by atoms with Crippen molar-refractivity contribution in [3.8, 4) is 169 Å². The maximum atomic E-state index is 6.80. The molecule has 18 aromatic carbocycles. The second-order valence-electron chi connectivity index (χ2n) is 34.0. The van der Waals surface area contributed by atoms with Crippen LogP contribution in [0.4, 0.5) is 0 Å². The Kier molecular flexibility index (Phi) is 20.0. The van der Waals surface area contributed by atoms with Crippen LogP contribution >= 0.6 is 0 Å². The van der Waals surface area contributed by atoms with Crippen molar-refractivity contribution in [1.29, 1.82) is 0 Å². The second kappa shape index (κ2) is 34.1. The Hall–Kier alpha value is -18.5. The van der Waals surface area contributed by atoms with E-state index in [9.17, 15) is 0 Å². The average Bonchev–Trinajstić information content (AvgIpc) is 1.56. The summed E-state index contributed by atoms with van der Waals surface area (Å²) in [4.78, 5) is 41.8. The number of fused-ring (bicyclic) bond motifs is 14. The maximum Gasteiger partial charge on any atom is 0.166 e. The van der Waals surface area contributed by atoms with Crippen LogP contribution in [0.5, 0.6) is 0 Å². The third-order valence-electron chi connectivity index (χ3n) is 25.8. The fourth-order valence-electron chi connectivity index (χ4n) is 19.5. The molecule has 0 aliphatic rings. The Balaban J connectivity index is 0.000000145. The third kappa shape index (κ3) is 14.5. The molecule has 136 heavy (non-hydrogen) atoms. The van der Waals surface area contributed by atoms with Gasteiger partial charge >= 0.3 is 0 Å². The fraction of sp³-hybridized carbons (Fsp3) is 0.